The van der Waals surface area contributed by atoms with Gasteiger partial charge in [0.15, 0.2) is 0 Å². The topological polar surface area (TPSA) is 82.1 Å². The zero-order chi connectivity index (χ0) is 9.14. The van der Waals surface area contributed by atoms with Gasteiger partial charge in [-0.3, -0.25) is 5.41 Å². The van der Waals surface area contributed by atoms with Crippen molar-refractivity contribution in [2.75, 3.05) is 12.4 Å². The SMILES string of the molecule is CNc1ccc(C(=N)N)c(O)c1. The molecule has 4 nitrogen and oxygen atoms in total. The van der Waals surface area contributed by atoms with Crippen LogP contribution < -0.4 is 11.1 Å². The third-order valence-electron chi connectivity index (χ3n) is 1.58. The van der Waals surface area contributed by atoms with Gasteiger partial charge in [0.05, 0.1) is 5.56 Å². The normalized spacial score (nSPS) is 9.42. The molecule has 1 aromatic carbocycles. The first-order valence-electron chi connectivity index (χ1n) is 3.50. The molecule has 0 saturated carbocycles. The minimum absolute atomic E-state index is 0.0225. The van der Waals surface area contributed by atoms with Gasteiger partial charge in [-0.2, -0.15) is 0 Å². The summed E-state index contributed by atoms with van der Waals surface area (Å²) in [5, 5.41) is 19.3. The Bertz CT molecular complexity index is 309. The zero-order valence-corrected chi connectivity index (χ0v) is 6.76. The Morgan fingerprint density at radius 1 is 1.58 bits per heavy atom. The zero-order valence-electron chi connectivity index (χ0n) is 6.76. The summed E-state index contributed by atoms with van der Waals surface area (Å²) < 4.78 is 0. The largest absolute Gasteiger partial charge is 0.507 e. The highest BCUT2D eigenvalue weighted by molar-refractivity contribution is 5.97. The van der Waals surface area contributed by atoms with E-state index in [-0.39, 0.29) is 11.6 Å². The molecule has 0 bridgehead atoms. The summed E-state index contributed by atoms with van der Waals surface area (Å²) in [6.07, 6.45) is 0. The summed E-state index contributed by atoms with van der Waals surface area (Å²) in [6, 6.07) is 4.87. The summed E-state index contributed by atoms with van der Waals surface area (Å²) >= 11 is 0. The molecule has 1 aromatic rings. The van der Waals surface area contributed by atoms with Crippen molar-refractivity contribution in [3.63, 3.8) is 0 Å². The molecule has 0 aliphatic carbocycles. The summed E-state index contributed by atoms with van der Waals surface area (Å²) in [7, 11) is 1.75. The number of nitrogens with one attached hydrogen (secondary N) is 2. The van der Waals surface area contributed by atoms with Crippen molar-refractivity contribution in [2.45, 2.75) is 0 Å². The molecule has 4 heteroatoms. The number of aromatic hydroxyl groups is 1. The number of nitrogen functional groups attached to an aromatic ring is 1. The highest BCUT2D eigenvalue weighted by atomic mass is 16.3. The van der Waals surface area contributed by atoms with Gasteiger partial charge >= 0.3 is 0 Å². The van der Waals surface area contributed by atoms with E-state index < -0.39 is 0 Å². The van der Waals surface area contributed by atoms with Gasteiger partial charge in [-0.05, 0) is 12.1 Å². The van der Waals surface area contributed by atoms with Gasteiger partial charge in [0.1, 0.15) is 11.6 Å². The second-order valence-corrected chi connectivity index (χ2v) is 2.40. The lowest BCUT2D eigenvalue weighted by Crippen LogP contribution is -2.11. The Morgan fingerprint density at radius 2 is 2.25 bits per heavy atom. The van der Waals surface area contributed by atoms with Crippen LogP contribution in [-0.4, -0.2) is 18.0 Å². The molecule has 0 heterocycles. The Balaban J connectivity index is 3.12. The first kappa shape index (κ1) is 8.39. The van der Waals surface area contributed by atoms with E-state index in [1.807, 2.05) is 0 Å². The first-order chi connectivity index (χ1) is 5.65. The molecule has 5 N–H and O–H groups in total. The van der Waals surface area contributed by atoms with E-state index >= 15 is 0 Å². The fourth-order valence-corrected chi connectivity index (χ4v) is 0.915. The third-order valence-corrected chi connectivity index (χ3v) is 1.58. The van der Waals surface area contributed by atoms with Crippen LogP contribution in [0.1, 0.15) is 5.56 Å². The molecular formula is C8H11N3O. The number of hydrogen-bond donors (Lipinski definition) is 4. The van der Waals surface area contributed by atoms with Gasteiger partial charge in [-0.25, -0.2) is 0 Å². The van der Waals surface area contributed by atoms with Gasteiger partial charge in [-0.1, -0.05) is 0 Å². The lowest BCUT2D eigenvalue weighted by molar-refractivity contribution is 0.474. The number of benzene rings is 1. The molecule has 0 saturated heterocycles. The molecule has 0 fully saturated rings. The third kappa shape index (κ3) is 1.47. The van der Waals surface area contributed by atoms with Gasteiger partial charge in [0.2, 0.25) is 0 Å². The van der Waals surface area contributed by atoms with Crippen LogP contribution in [0.2, 0.25) is 0 Å². The summed E-state index contributed by atoms with van der Waals surface area (Å²) in [5.41, 5.74) is 6.35. The lowest BCUT2D eigenvalue weighted by Gasteiger charge is -2.04. The average molecular weight is 165 g/mol. The molecule has 1 rings (SSSR count). The minimum Gasteiger partial charge on any atom is -0.507 e. The molecule has 12 heavy (non-hydrogen) atoms. The predicted molar refractivity (Wildman–Crippen MR) is 48.7 cm³/mol. The average Bonchev–Trinajstić information content (AvgIpc) is 2.03. The summed E-state index contributed by atoms with van der Waals surface area (Å²) in [6.45, 7) is 0. The second-order valence-electron chi connectivity index (χ2n) is 2.40. The Hall–Kier alpha value is -1.71. The van der Waals surface area contributed by atoms with Gasteiger partial charge in [-0.15, -0.1) is 0 Å². The number of amidine groups is 1. The number of anilines is 1. The van der Waals surface area contributed by atoms with E-state index in [1.165, 1.54) is 6.07 Å². The van der Waals surface area contributed by atoms with Crippen molar-refractivity contribution in [1.82, 2.24) is 0 Å². The molecule has 0 atom stereocenters. The summed E-state index contributed by atoms with van der Waals surface area (Å²) in [5.74, 6) is -0.107. The van der Waals surface area contributed by atoms with E-state index in [0.717, 1.165) is 5.69 Å². The van der Waals surface area contributed by atoms with Crippen molar-refractivity contribution in [1.29, 1.82) is 5.41 Å². The van der Waals surface area contributed by atoms with E-state index in [1.54, 1.807) is 19.2 Å². The monoisotopic (exact) mass is 165 g/mol. The van der Waals surface area contributed by atoms with Crippen LogP contribution in [0.4, 0.5) is 5.69 Å². The predicted octanol–water partition coefficient (Wildman–Crippen LogP) is 0.718. The number of phenols is 1. The quantitative estimate of drug-likeness (QED) is 0.385. The van der Waals surface area contributed by atoms with E-state index in [4.69, 9.17) is 11.1 Å². The molecule has 0 spiro atoms. The number of phenolic OH excluding ortho intramolecular Hbond substituents is 1. The van der Waals surface area contributed by atoms with Crippen LogP contribution >= 0.6 is 0 Å². The maximum atomic E-state index is 9.33. The van der Waals surface area contributed by atoms with Gasteiger partial charge in [0.25, 0.3) is 0 Å². The van der Waals surface area contributed by atoms with Crippen LogP contribution in [0.25, 0.3) is 0 Å². The fourth-order valence-electron chi connectivity index (χ4n) is 0.915. The summed E-state index contributed by atoms with van der Waals surface area (Å²) in [4.78, 5) is 0. The molecule has 0 aliphatic rings. The number of hydrogen-bond acceptors (Lipinski definition) is 3. The molecule has 0 aliphatic heterocycles. The maximum Gasteiger partial charge on any atom is 0.128 e. The highest BCUT2D eigenvalue weighted by Crippen LogP contribution is 2.20. The van der Waals surface area contributed by atoms with Crippen LogP contribution in [0, 0.1) is 5.41 Å². The van der Waals surface area contributed by atoms with Crippen molar-refractivity contribution in [3.8, 4) is 5.75 Å². The van der Waals surface area contributed by atoms with Crippen molar-refractivity contribution in [3.05, 3.63) is 23.8 Å². The van der Waals surface area contributed by atoms with Crippen LogP contribution in [0.15, 0.2) is 18.2 Å². The smallest absolute Gasteiger partial charge is 0.128 e. The van der Waals surface area contributed by atoms with Crippen molar-refractivity contribution in [2.24, 2.45) is 5.73 Å². The van der Waals surface area contributed by atoms with E-state index in [2.05, 4.69) is 5.32 Å². The highest BCUT2D eigenvalue weighted by Gasteiger charge is 2.03. The molecule has 0 radical (unpaired) electrons. The van der Waals surface area contributed by atoms with Crippen molar-refractivity contribution >= 4 is 11.5 Å². The molecule has 0 unspecified atom stereocenters. The first-order valence-corrected chi connectivity index (χ1v) is 3.50. The molecule has 0 aromatic heterocycles. The Morgan fingerprint density at radius 3 is 2.67 bits per heavy atom. The minimum atomic E-state index is -0.129. The molecule has 64 valence electrons. The van der Waals surface area contributed by atoms with E-state index in [9.17, 15) is 5.11 Å². The van der Waals surface area contributed by atoms with E-state index in [0.29, 0.717) is 5.56 Å². The Kier molecular flexibility index (Phi) is 2.19. The van der Waals surface area contributed by atoms with Gasteiger partial charge in [0, 0.05) is 18.8 Å². The molecule has 0 amide bonds. The lowest BCUT2D eigenvalue weighted by atomic mass is 10.1. The van der Waals surface area contributed by atoms with Crippen LogP contribution in [0.5, 0.6) is 5.75 Å². The van der Waals surface area contributed by atoms with Gasteiger partial charge < -0.3 is 16.2 Å². The number of nitrogens with two attached hydrogens (primary N) is 1. The number of rotatable bonds is 2. The van der Waals surface area contributed by atoms with Crippen molar-refractivity contribution < 1.29 is 5.11 Å². The maximum absolute atomic E-state index is 9.33. The Labute approximate surface area is 70.5 Å². The second kappa shape index (κ2) is 3.13. The van der Waals surface area contributed by atoms with Crippen LogP contribution in [0.3, 0.4) is 0 Å². The standard InChI is InChI=1S/C8H11N3O/c1-11-5-2-3-6(8(9)10)7(12)4-5/h2-4,11-12H,1H3,(H3,9,10). The van der Waals surface area contributed by atoms with Crippen LogP contribution in [-0.2, 0) is 0 Å². The molecular weight excluding hydrogens is 154 g/mol. The fraction of sp³-hybridized carbons (Fsp3) is 0.125.